The predicted molar refractivity (Wildman–Crippen MR) is 77.8 cm³/mol. The van der Waals surface area contributed by atoms with Crippen LogP contribution in [0.4, 0.5) is 10.1 Å². The average molecular weight is 286 g/mol. The Morgan fingerprint density at radius 2 is 2.33 bits per heavy atom. The number of aromatic nitrogens is 2. The van der Waals surface area contributed by atoms with Gasteiger partial charge in [0, 0.05) is 31.0 Å². The fourth-order valence-corrected chi connectivity index (χ4v) is 1.72. The van der Waals surface area contributed by atoms with E-state index >= 15 is 0 Å². The van der Waals surface area contributed by atoms with Gasteiger partial charge in [-0.3, -0.25) is 4.79 Å². The maximum atomic E-state index is 13.5. The summed E-state index contributed by atoms with van der Waals surface area (Å²) in [5.41, 5.74) is 5.98. The molecule has 1 aromatic heterocycles. The minimum absolute atomic E-state index is 0.154. The smallest absolute Gasteiger partial charge is 0.226 e. The van der Waals surface area contributed by atoms with Crippen LogP contribution in [0.3, 0.4) is 0 Å². The Labute approximate surface area is 122 Å². The van der Waals surface area contributed by atoms with Gasteiger partial charge in [0.2, 0.25) is 5.91 Å². The molecule has 6 heteroatoms. The maximum Gasteiger partial charge on any atom is 0.226 e. The zero-order valence-electron chi connectivity index (χ0n) is 11.3. The van der Waals surface area contributed by atoms with E-state index in [0.717, 1.165) is 0 Å². The molecule has 0 atom stereocenters. The van der Waals surface area contributed by atoms with Crippen LogP contribution in [0.5, 0.6) is 0 Å². The van der Waals surface area contributed by atoms with Crippen LogP contribution in [0.25, 0.3) is 0 Å². The molecular weight excluding hydrogens is 271 g/mol. The number of halogens is 1. The van der Waals surface area contributed by atoms with Gasteiger partial charge in [0.25, 0.3) is 0 Å². The molecule has 0 saturated heterocycles. The van der Waals surface area contributed by atoms with Gasteiger partial charge >= 0.3 is 0 Å². The van der Waals surface area contributed by atoms with Crippen molar-refractivity contribution in [1.29, 1.82) is 0 Å². The van der Waals surface area contributed by atoms with Gasteiger partial charge in [-0.25, -0.2) is 9.37 Å². The summed E-state index contributed by atoms with van der Waals surface area (Å²) in [6, 6.07) is 4.26. The SMILES string of the molecule is NCC#Cc1cc(NC(=O)CCn2ccnc2)ccc1F. The summed E-state index contributed by atoms with van der Waals surface area (Å²) in [4.78, 5) is 15.7. The Balaban J connectivity index is 1.97. The quantitative estimate of drug-likeness (QED) is 0.834. The second-order valence-electron chi connectivity index (χ2n) is 4.30. The lowest BCUT2D eigenvalue weighted by atomic mass is 10.2. The first-order chi connectivity index (χ1) is 10.2. The summed E-state index contributed by atoms with van der Waals surface area (Å²) < 4.78 is 15.3. The van der Waals surface area contributed by atoms with Crippen molar-refractivity contribution in [2.24, 2.45) is 5.73 Å². The van der Waals surface area contributed by atoms with Crippen molar-refractivity contribution in [3.05, 3.63) is 48.3 Å². The summed E-state index contributed by atoms with van der Waals surface area (Å²) in [7, 11) is 0. The van der Waals surface area contributed by atoms with E-state index in [4.69, 9.17) is 5.73 Å². The molecular formula is C15H15FN4O. The van der Waals surface area contributed by atoms with Crippen molar-refractivity contribution in [2.75, 3.05) is 11.9 Å². The highest BCUT2D eigenvalue weighted by Crippen LogP contribution is 2.14. The average Bonchev–Trinajstić information content (AvgIpc) is 2.99. The van der Waals surface area contributed by atoms with Crippen LogP contribution in [0.1, 0.15) is 12.0 Å². The number of carbonyl (C=O) groups is 1. The molecule has 5 nitrogen and oxygen atoms in total. The highest BCUT2D eigenvalue weighted by molar-refractivity contribution is 5.90. The van der Waals surface area contributed by atoms with Gasteiger partial charge in [0.15, 0.2) is 0 Å². The van der Waals surface area contributed by atoms with Crippen molar-refractivity contribution < 1.29 is 9.18 Å². The number of rotatable bonds is 4. The third kappa shape index (κ3) is 4.44. The van der Waals surface area contributed by atoms with E-state index < -0.39 is 5.82 Å². The van der Waals surface area contributed by atoms with E-state index in [0.29, 0.717) is 18.7 Å². The fraction of sp³-hybridized carbons (Fsp3) is 0.200. The Kier molecular flexibility index (Phi) is 5.07. The molecule has 0 fully saturated rings. The molecule has 1 heterocycles. The number of nitrogens with two attached hydrogens (primary N) is 1. The monoisotopic (exact) mass is 286 g/mol. The van der Waals surface area contributed by atoms with Crippen molar-refractivity contribution >= 4 is 11.6 Å². The summed E-state index contributed by atoms with van der Waals surface area (Å²) >= 11 is 0. The fourth-order valence-electron chi connectivity index (χ4n) is 1.72. The standard InChI is InChI=1S/C15H15FN4O/c16-14-4-3-13(10-12(14)2-1-6-17)19-15(21)5-8-20-9-7-18-11-20/h3-4,7,9-11H,5-6,8,17H2,(H,19,21). The first kappa shape index (κ1) is 14.8. The van der Waals surface area contributed by atoms with Crippen LogP contribution in [-0.2, 0) is 11.3 Å². The van der Waals surface area contributed by atoms with Crippen LogP contribution >= 0.6 is 0 Å². The van der Waals surface area contributed by atoms with Gasteiger partial charge in [0.05, 0.1) is 18.4 Å². The van der Waals surface area contributed by atoms with Gasteiger partial charge in [-0.15, -0.1) is 0 Å². The summed E-state index contributed by atoms with van der Waals surface area (Å²) in [5.74, 6) is 4.61. The van der Waals surface area contributed by atoms with Crippen LogP contribution in [0.2, 0.25) is 0 Å². The molecule has 0 aliphatic rings. The number of hydrogen-bond acceptors (Lipinski definition) is 3. The van der Waals surface area contributed by atoms with E-state index in [2.05, 4.69) is 22.1 Å². The molecule has 0 aliphatic carbocycles. The molecule has 0 unspecified atom stereocenters. The molecule has 0 aliphatic heterocycles. The highest BCUT2D eigenvalue weighted by Gasteiger charge is 2.05. The van der Waals surface area contributed by atoms with Gasteiger partial charge in [-0.1, -0.05) is 11.8 Å². The van der Waals surface area contributed by atoms with Crippen LogP contribution in [0, 0.1) is 17.7 Å². The lowest BCUT2D eigenvalue weighted by Crippen LogP contribution is -2.14. The van der Waals surface area contributed by atoms with Crippen molar-refractivity contribution in [3.63, 3.8) is 0 Å². The maximum absolute atomic E-state index is 13.5. The minimum Gasteiger partial charge on any atom is -0.337 e. The number of aryl methyl sites for hydroxylation is 1. The summed E-state index contributed by atoms with van der Waals surface area (Å²) in [5, 5.41) is 2.71. The third-order valence-corrected chi connectivity index (χ3v) is 2.73. The minimum atomic E-state index is -0.438. The number of imidazole rings is 1. The van der Waals surface area contributed by atoms with Gasteiger partial charge in [-0.05, 0) is 18.2 Å². The zero-order valence-corrected chi connectivity index (χ0v) is 11.3. The molecule has 0 spiro atoms. The molecule has 1 amide bonds. The number of hydrogen-bond donors (Lipinski definition) is 2. The first-order valence-electron chi connectivity index (χ1n) is 6.43. The molecule has 108 valence electrons. The lowest BCUT2D eigenvalue weighted by molar-refractivity contribution is -0.116. The van der Waals surface area contributed by atoms with E-state index in [9.17, 15) is 9.18 Å². The normalized spacial score (nSPS) is 9.81. The third-order valence-electron chi connectivity index (χ3n) is 2.73. The first-order valence-corrected chi connectivity index (χ1v) is 6.43. The number of anilines is 1. The number of nitrogens with one attached hydrogen (secondary N) is 1. The van der Waals surface area contributed by atoms with E-state index in [1.54, 1.807) is 18.7 Å². The van der Waals surface area contributed by atoms with Gasteiger partial charge in [-0.2, -0.15) is 0 Å². The molecule has 0 radical (unpaired) electrons. The largest absolute Gasteiger partial charge is 0.337 e. The molecule has 0 bridgehead atoms. The number of benzene rings is 1. The molecule has 3 N–H and O–H groups in total. The Morgan fingerprint density at radius 1 is 1.48 bits per heavy atom. The molecule has 2 rings (SSSR count). The van der Waals surface area contributed by atoms with Crippen molar-refractivity contribution in [1.82, 2.24) is 9.55 Å². The number of amides is 1. The Bertz CT molecular complexity index is 671. The summed E-state index contributed by atoms with van der Waals surface area (Å²) in [6.45, 7) is 0.688. The molecule has 1 aromatic carbocycles. The number of carbonyl (C=O) groups excluding carboxylic acids is 1. The predicted octanol–water partition coefficient (Wildman–Crippen LogP) is 1.36. The van der Waals surface area contributed by atoms with Crippen molar-refractivity contribution in [3.8, 4) is 11.8 Å². The molecule has 21 heavy (non-hydrogen) atoms. The van der Waals surface area contributed by atoms with Crippen LogP contribution in [0.15, 0.2) is 36.9 Å². The second kappa shape index (κ2) is 7.22. The topological polar surface area (TPSA) is 72.9 Å². The van der Waals surface area contributed by atoms with E-state index in [1.807, 2.05) is 4.57 Å². The van der Waals surface area contributed by atoms with Crippen LogP contribution in [-0.4, -0.2) is 22.0 Å². The van der Waals surface area contributed by atoms with E-state index in [-0.39, 0.29) is 18.0 Å². The van der Waals surface area contributed by atoms with Crippen molar-refractivity contribution in [2.45, 2.75) is 13.0 Å². The van der Waals surface area contributed by atoms with Gasteiger partial charge < -0.3 is 15.6 Å². The summed E-state index contributed by atoms with van der Waals surface area (Å²) in [6.07, 6.45) is 5.38. The van der Waals surface area contributed by atoms with Gasteiger partial charge in [0.1, 0.15) is 5.82 Å². The second-order valence-corrected chi connectivity index (χ2v) is 4.30. The zero-order chi connectivity index (χ0) is 15.1. The van der Waals surface area contributed by atoms with Crippen LogP contribution < -0.4 is 11.1 Å². The molecule has 0 saturated carbocycles. The Morgan fingerprint density at radius 3 is 3.05 bits per heavy atom. The number of nitrogens with zero attached hydrogens (tertiary/aromatic N) is 2. The molecule has 2 aromatic rings. The Hall–Kier alpha value is -2.65. The lowest BCUT2D eigenvalue weighted by Gasteiger charge is -2.06. The highest BCUT2D eigenvalue weighted by atomic mass is 19.1. The van der Waals surface area contributed by atoms with E-state index in [1.165, 1.54) is 18.2 Å².